The van der Waals surface area contributed by atoms with Gasteiger partial charge in [0.05, 0.1) is 24.5 Å². The maximum absolute atomic E-state index is 10.6. The lowest BCUT2D eigenvalue weighted by molar-refractivity contribution is -0.155. The predicted octanol–water partition coefficient (Wildman–Crippen LogP) is 1.37. The summed E-state index contributed by atoms with van der Waals surface area (Å²) in [5.41, 5.74) is 0. The molecule has 1 aliphatic carbocycles. The van der Waals surface area contributed by atoms with Crippen LogP contribution in [-0.4, -0.2) is 34.9 Å². The normalized spacial score (nSPS) is 32.2. The Labute approximate surface area is 94.4 Å². The van der Waals surface area contributed by atoms with Crippen LogP contribution < -0.4 is 0 Å². The van der Waals surface area contributed by atoms with Crippen molar-refractivity contribution in [1.29, 1.82) is 0 Å². The highest BCUT2D eigenvalue weighted by Gasteiger charge is 2.35. The van der Waals surface area contributed by atoms with Gasteiger partial charge in [0.15, 0.2) is 0 Å². The average Bonchev–Trinajstić information content (AvgIpc) is 3.01. The number of hydrogen-bond donors (Lipinski definition) is 2. The van der Waals surface area contributed by atoms with E-state index in [1.54, 1.807) is 0 Å². The highest BCUT2D eigenvalue weighted by molar-refractivity contribution is 5.80. The molecule has 2 rings (SSSR count). The molecule has 92 valence electrons. The number of carbonyl (C=O) groups is 2. The van der Waals surface area contributed by atoms with Crippen molar-refractivity contribution in [2.75, 3.05) is 6.61 Å². The summed E-state index contributed by atoms with van der Waals surface area (Å²) in [6, 6.07) is 0. The molecule has 2 aliphatic rings. The van der Waals surface area contributed by atoms with Crippen molar-refractivity contribution in [3.05, 3.63) is 0 Å². The fourth-order valence-electron chi connectivity index (χ4n) is 1.82. The Morgan fingerprint density at radius 2 is 1.38 bits per heavy atom. The molecule has 5 nitrogen and oxygen atoms in total. The first-order chi connectivity index (χ1) is 7.52. The van der Waals surface area contributed by atoms with E-state index in [9.17, 15) is 9.59 Å². The first-order valence-electron chi connectivity index (χ1n) is 5.59. The van der Waals surface area contributed by atoms with Crippen molar-refractivity contribution < 1.29 is 24.5 Å². The quantitative estimate of drug-likeness (QED) is 0.699. The van der Waals surface area contributed by atoms with Crippen LogP contribution >= 0.6 is 0 Å². The van der Waals surface area contributed by atoms with Crippen molar-refractivity contribution >= 4 is 11.9 Å². The lowest BCUT2D eigenvalue weighted by atomic mass is 9.79. The average molecular weight is 230 g/mol. The standard InChI is InChI=1S/C8H12O4.C3H6O/c9-7(10)5-3-1-2-4-6(5)8(11)12;1-3-2-4-3/h5-6H,1-4H2,(H,9,10)(H,11,12);3H,2H2,1H3. The van der Waals surface area contributed by atoms with Crippen LogP contribution in [0.2, 0.25) is 0 Å². The molecule has 5 heteroatoms. The topological polar surface area (TPSA) is 87.1 Å². The third-order valence-electron chi connectivity index (χ3n) is 2.90. The van der Waals surface area contributed by atoms with E-state index in [2.05, 4.69) is 6.92 Å². The van der Waals surface area contributed by atoms with Crippen LogP contribution in [0.15, 0.2) is 0 Å². The first-order valence-corrected chi connectivity index (χ1v) is 5.59. The molecule has 0 radical (unpaired) electrons. The van der Waals surface area contributed by atoms with Gasteiger partial charge >= 0.3 is 11.9 Å². The van der Waals surface area contributed by atoms with E-state index in [-0.39, 0.29) is 0 Å². The molecule has 3 unspecified atom stereocenters. The Morgan fingerprint density at radius 1 is 1.06 bits per heavy atom. The Bertz CT molecular complexity index is 237. The molecule has 16 heavy (non-hydrogen) atoms. The van der Waals surface area contributed by atoms with E-state index in [1.807, 2.05) is 0 Å². The lowest BCUT2D eigenvalue weighted by Crippen LogP contribution is -2.32. The maximum Gasteiger partial charge on any atom is 0.307 e. The first kappa shape index (κ1) is 13.0. The molecule has 0 bridgehead atoms. The van der Waals surface area contributed by atoms with Gasteiger partial charge in [0.2, 0.25) is 0 Å². The highest BCUT2D eigenvalue weighted by atomic mass is 16.6. The smallest absolute Gasteiger partial charge is 0.307 e. The number of carboxylic acid groups (broad SMARTS) is 2. The van der Waals surface area contributed by atoms with Gasteiger partial charge in [-0.25, -0.2) is 0 Å². The van der Waals surface area contributed by atoms with E-state index in [4.69, 9.17) is 14.9 Å². The van der Waals surface area contributed by atoms with Crippen LogP contribution in [0.3, 0.4) is 0 Å². The van der Waals surface area contributed by atoms with Gasteiger partial charge in [-0.1, -0.05) is 12.8 Å². The summed E-state index contributed by atoms with van der Waals surface area (Å²) in [6.45, 7) is 3.04. The molecule has 0 aromatic heterocycles. The SMILES string of the molecule is CC1CO1.O=C(O)C1CCCCC1C(=O)O. The number of aliphatic carboxylic acids is 2. The number of rotatable bonds is 2. The Kier molecular flexibility index (Phi) is 4.73. The summed E-state index contributed by atoms with van der Waals surface area (Å²) in [5.74, 6) is -3.28. The van der Waals surface area contributed by atoms with Gasteiger partial charge in [0.1, 0.15) is 0 Å². The number of epoxide rings is 1. The molecular formula is C11H18O5. The van der Waals surface area contributed by atoms with E-state index < -0.39 is 23.8 Å². The van der Waals surface area contributed by atoms with Gasteiger partial charge in [-0.3, -0.25) is 9.59 Å². The van der Waals surface area contributed by atoms with Crippen molar-refractivity contribution in [2.45, 2.75) is 38.7 Å². The zero-order chi connectivity index (χ0) is 12.1. The van der Waals surface area contributed by atoms with Crippen molar-refractivity contribution in [2.24, 2.45) is 11.8 Å². The largest absolute Gasteiger partial charge is 0.481 e. The minimum absolute atomic E-state index is 0.506. The van der Waals surface area contributed by atoms with Gasteiger partial charge in [-0.15, -0.1) is 0 Å². The Balaban J connectivity index is 0.000000267. The predicted molar refractivity (Wildman–Crippen MR) is 56.1 cm³/mol. The van der Waals surface area contributed by atoms with Gasteiger partial charge in [-0.2, -0.15) is 0 Å². The maximum atomic E-state index is 10.6. The van der Waals surface area contributed by atoms with E-state index in [0.29, 0.717) is 18.9 Å². The molecule has 0 aromatic carbocycles. The van der Waals surface area contributed by atoms with Crippen LogP contribution in [0.25, 0.3) is 0 Å². The lowest BCUT2D eigenvalue weighted by Gasteiger charge is -2.24. The third kappa shape index (κ3) is 4.18. The van der Waals surface area contributed by atoms with Crippen molar-refractivity contribution in [3.8, 4) is 0 Å². The second kappa shape index (κ2) is 5.84. The molecule has 3 atom stereocenters. The molecule has 1 saturated carbocycles. The summed E-state index contributed by atoms with van der Waals surface area (Å²) >= 11 is 0. The van der Waals surface area contributed by atoms with E-state index in [1.165, 1.54) is 0 Å². The van der Waals surface area contributed by atoms with Crippen LogP contribution in [0.4, 0.5) is 0 Å². The number of hydrogen-bond acceptors (Lipinski definition) is 3. The molecule has 1 aliphatic heterocycles. The summed E-state index contributed by atoms with van der Waals surface area (Å²) in [5, 5.41) is 17.4. The molecule has 0 amide bonds. The molecule has 2 N–H and O–H groups in total. The van der Waals surface area contributed by atoms with Crippen LogP contribution in [0.1, 0.15) is 32.6 Å². The van der Waals surface area contributed by atoms with Gasteiger partial charge in [0.25, 0.3) is 0 Å². The van der Waals surface area contributed by atoms with Crippen LogP contribution in [0, 0.1) is 11.8 Å². The third-order valence-corrected chi connectivity index (χ3v) is 2.90. The number of ether oxygens (including phenoxy) is 1. The minimum atomic E-state index is -0.970. The molecule has 0 aromatic rings. The van der Waals surface area contributed by atoms with Gasteiger partial charge in [0, 0.05) is 0 Å². The van der Waals surface area contributed by atoms with Gasteiger partial charge in [-0.05, 0) is 19.8 Å². The van der Waals surface area contributed by atoms with E-state index in [0.717, 1.165) is 19.4 Å². The van der Waals surface area contributed by atoms with Crippen LogP contribution in [-0.2, 0) is 14.3 Å². The Morgan fingerprint density at radius 3 is 1.56 bits per heavy atom. The van der Waals surface area contributed by atoms with Crippen molar-refractivity contribution in [1.82, 2.24) is 0 Å². The van der Waals surface area contributed by atoms with Crippen molar-refractivity contribution in [3.63, 3.8) is 0 Å². The zero-order valence-electron chi connectivity index (χ0n) is 9.39. The van der Waals surface area contributed by atoms with Gasteiger partial charge < -0.3 is 14.9 Å². The highest BCUT2D eigenvalue weighted by Crippen LogP contribution is 2.30. The number of carboxylic acids is 2. The molecular weight excluding hydrogens is 212 g/mol. The summed E-state index contributed by atoms with van der Waals surface area (Å²) in [4.78, 5) is 21.2. The monoisotopic (exact) mass is 230 g/mol. The minimum Gasteiger partial charge on any atom is -0.481 e. The Hall–Kier alpha value is -1.10. The fraction of sp³-hybridized carbons (Fsp3) is 0.818. The summed E-state index contributed by atoms with van der Waals surface area (Å²) in [7, 11) is 0. The molecule has 0 spiro atoms. The molecule has 1 saturated heterocycles. The second-order valence-corrected chi connectivity index (χ2v) is 4.32. The molecule has 2 fully saturated rings. The molecule has 1 heterocycles. The van der Waals surface area contributed by atoms with Crippen LogP contribution in [0.5, 0.6) is 0 Å². The summed E-state index contributed by atoms with van der Waals surface area (Å²) in [6.07, 6.45) is 3.26. The zero-order valence-corrected chi connectivity index (χ0v) is 9.39. The summed E-state index contributed by atoms with van der Waals surface area (Å²) < 4.78 is 4.71. The fourth-order valence-corrected chi connectivity index (χ4v) is 1.82. The second-order valence-electron chi connectivity index (χ2n) is 4.32. The van der Waals surface area contributed by atoms with E-state index >= 15 is 0 Å².